The van der Waals surface area contributed by atoms with E-state index in [0.717, 1.165) is 26.9 Å². The number of methoxy groups -OCH3 is 1. The summed E-state index contributed by atoms with van der Waals surface area (Å²) in [6.45, 7) is 0. The largest absolute Gasteiger partial charge is 0.496 e. The van der Waals surface area contributed by atoms with Crippen LogP contribution in [0.4, 0.5) is 0 Å². The summed E-state index contributed by atoms with van der Waals surface area (Å²) < 4.78 is 6.68. The molecule has 1 atom stereocenters. The molecule has 0 saturated heterocycles. The zero-order valence-corrected chi connectivity index (χ0v) is 18.7. The molecule has 0 amide bonds. The van der Waals surface area contributed by atoms with Crippen LogP contribution in [-0.2, 0) is 0 Å². The summed E-state index contributed by atoms with van der Waals surface area (Å²) in [7, 11) is 1.71. The Morgan fingerprint density at radius 1 is 0.607 bits per heavy atom. The van der Waals surface area contributed by atoms with Gasteiger partial charge in [0.25, 0.3) is 0 Å². The van der Waals surface area contributed by atoms with Crippen LogP contribution >= 0.6 is 25.8 Å². The molecule has 0 aliphatic carbocycles. The van der Waals surface area contributed by atoms with Crippen molar-refractivity contribution in [1.82, 2.24) is 0 Å². The Labute approximate surface area is 178 Å². The molecule has 4 rings (SSSR count). The molecule has 0 spiro atoms. The molecule has 1 unspecified atom stereocenters. The van der Waals surface area contributed by atoms with Gasteiger partial charge in [0.15, 0.2) is 0 Å². The molecule has 0 bridgehead atoms. The first-order valence-electron chi connectivity index (χ1n) is 8.86. The van der Waals surface area contributed by atoms with Crippen molar-refractivity contribution in [3.05, 3.63) is 102 Å². The lowest BCUT2D eigenvalue weighted by Gasteiger charge is -2.20. The highest BCUT2D eigenvalue weighted by Gasteiger charge is 2.20. The molecule has 0 N–H and O–H groups in total. The van der Waals surface area contributed by atoms with Gasteiger partial charge in [0.05, 0.1) is 11.6 Å². The topological polar surface area (TPSA) is 9.23 Å². The number of halogens is 1. The second-order valence-electron chi connectivity index (χ2n) is 6.29. The summed E-state index contributed by atoms with van der Waals surface area (Å²) >= 11 is 3.81. The van der Waals surface area contributed by atoms with E-state index in [4.69, 9.17) is 4.74 Å². The van der Waals surface area contributed by atoms with Crippen molar-refractivity contribution in [2.45, 2.75) is 0 Å². The van der Waals surface area contributed by atoms with Gasteiger partial charge in [0.2, 0.25) is 0 Å². The molecule has 4 aromatic carbocycles. The van der Waals surface area contributed by atoms with Gasteiger partial charge in [0.1, 0.15) is 5.75 Å². The van der Waals surface area contributed by atoms with Crippen molar-refractivity contribution in [3.63, 3.8) is 0 Å². The van der Waals surface area contributed by atoms with Crippen LogP contribution in [0.3, 0.4) is 0 Å². The van der Waals surface area contributed by atoms with Crippen molar-refractivity contribution in [2.24, 2.45) is 0 Å². The van der Waals surface area contributed by atoms with Crippen LogP contribution in [0, 0.1) is 0 Å². The molecule has 4 aromatic rings. The molecule has 0 aliphatic rings. The van der Waals surface area contributed by atoms with Crippen LogP contribution in [0.2, 0.25) is 0 Å². The van der Waals surface area contributed by atoms with Crippen LogP contribution < -0.4 is 4.74 Å². The molecule has 0 heterocycles. The van der Waals surface area contributed by atoms with Gasteiger partial charge in [-0.15, -0.1) is 0 Å². The van der Waals surface area contributed by atoms with E-state index in [1.54, 1.807) is 7.11 Å². The average Bonchev–Trinajstić information content (AvgIpc) is 2.75. The molecular weight excluding hydrogens is 427 g/mol. The fraction of sp³-hybridized carbons (Fsp3) is 0.0400. The van der Waals surface area contributed by atoms with E-state index in [0.29, 0.717) is 0 Å². The van der Waals surface area contributed by atoms with Gasteiger partial charge >= 0.3 is 0 Å². The van der Waals surface area contributed by atoms with Crippen LogP contribution in [-0.4, -0.2) is 7.11 Å². The highest BCUT2D eigenvalue weighted by Crippen LogP contribution is 2.48. The summed E-state index contributed by atoms with van der Waals surface area (Å²) in [5, 5.41) is 0. The number of benzene rings is 4. The van der Waals surface area contributed by atoms with Crippen molar-refractivity contribution in [1.29, 1.82) is 0 Å². The lowest BCUT2D eigenvalue weighted by Crippen LogP contribution is -1.95. The maximum absolute atomic E-state index is 5.71. The molecule has 0 aromatic heterocycles. The third-order valence-corrected chi connectivity index (χ3v) is 5.45. The van der Waals surface area contributed by atoms with Gasteiger partial charge < -0.3 is 4.74 Å². The minimum Gasteiger partial charge on any atom is -0.496 e. The molecule has 1 nitrogen and oxygen atoms in total. The maximum Gasteiger partial charge on any atom is 0.134 e. The highest BCUT2D eigenvalue weighted by molar-refractivity contribution is 9.10. The Morgan fingerprint density at radius 3 is 1.50 bits per heavy atom. The lowest BCUT2D eigenvalue weighted by atomic mass is 9.87. The molecule has 0 radical (unpaired) electrons. The van der Waals surface area contributed by atoms with Gasteiger partial charge in [-0.05, 0) is 49.8 Å². The van der Waals surface area contributed by atoms with Crippen molar-refractivity contribution in [3.8, 4) is 39.1 Å². The van der Waals surface area contributed by atoms with Crippen LogP contribution in [0.15, 0.2) is 102 Å². The monoisotopic (exact) mass is 448 g/mol. The van der Waals surface area contributed by atoms with Gasteiger partial charge in [-0.25, -0.2) is 0 Å². The van der Waals surface area contributed by atoms with Gasteiger partial charge in [-0.2, -0.15) is 9.90 Å². The Balaban J connectivity index is 0.00000225. The van der Waals surface area contributed by atoms with E-state index in [1.807, 2.05) is 18.2 Å². The number of rotatable bonds is 4. The Kier molecular flexibility index (Phi) is 6.67. The molecule has 0 aliphatic heterocycles. The quantitative estimate of drug-likeness (QED) is 0.293. The Morgan fingerprint density at radius 2 is 1.04 bits per heavy atom. The molecule has 3 heteroatoms. The van der Waals surface area contributed by atoms with Gasteiger partial charge in [-0.3, -0.25) is 0 Å². The zero-order valence-electron chi connectivity index (χ0n) is 15.7. The third-order valence-electron chi connectivity index (χ3n) is 4.66. The fourth-order valence-electron chi connectivity index (χ4n) is 3.41. The first kappa shape index (κ1) is 20.3. The SMILES string of the molecule is COc1cc(-c2ccccc2)c(-c2ccccc2)c(-c2ccccc2)c1Br.P. The van der Waals surface area contributed by atoms with E-state index in [-0.39, 0.29) is 9.90 Å². The molecular formula is C25H22BrOP. The number of hydrogen-bond acceptors (Lipinski definition) is 1. The van der Waals surface area contributed by atoms with E-state index in [2.05, 4.69) is 94.8 Å². The highest BCUT2D eigenvalue weighted by atomic mass is 79.9. The molecule has 140 valence electrons. The first-order chi connectivity index (χ1) is 13.3. The molecule has 0 saturated carbocycles. The minimum absolute atomic E-state index is 0. The van der Waals surface area contributed by atoms with E-state index < -0.39 is 0 Å². The summed E-state index contributed by atoms with van der Waals surface area (Å²) in [4.78, 5) is 0. The molecule has 28 heavy (non-hydrogen) atoms. The second kappa shape index (κ2) is 9.19. The van der Waals surface area contributed by atoms with Crippen molar-refractivity contribution < 1.29 is 4.74 Å². The predicted octanol–water partition coefficient (Wildman–Crippen LogP) is 7.52. The smallest absolute Gasteiger partial charge is 0.134 e. The zero-order chi connectivity index (χ0) is 18.6. The summed E-state index contributed by atoms with van der Waals surface area (Å²) in [6, 6.07) is 33.6. The minimum atomic E-state index is 0. The van der Waals surface area contributed by atoms with E-state index in [9.17, 15) is 0 Å². The Bertz CT molecular complexity index is 1050. The summed E-state index contributed by atoms with van der Waals surface area (Å²) in [5.74, 6) is 0.826. The third kappa shape index (κ3) is 3.90. The van der Waals surface area contributed by atoms with Crippen LogP contribution in [0.1, 0.15) is 0 Å². The summed E-state index contributed by atoms with van der Waals surface area (Å²) in [6.07, 6.45) is 0. The van der Waals surface area contributed by atoms with Crippen LogP contribution in [0.5, 0.6) is 5.75 Å². The standard InChI is InChI=1S/C25H19BrO.H3P/c1-27-22-17-21(18-11-5-2-6-12-18)23(19-13-7-3-8-14-19)24(25(22)26)20-15-9-4-10-16-20;/h2-17H,1H3;1H3. The lowest BCUT2D eigenvalue weighted by molar-refractivity contribution is 0.412. The predicted molar refractivity (Wildman–Crippen MR) is 128 cm³/mol. The average molecular weight is 449 g/mol. The van der Waals surface area contributed by atoms with Gasteiger partial charge in [-0.1, -0.05) is 91.0 Å². The Hall–Kier alpha value is -2.41. The second-order valence-corrected chi connectivity index (χ2v) is 7.08. The van der Waals surface area contributed by atoms with E-state index in [1.165, 1.54) is 16.7 Å². The summed E-state index contributed by atoms with van der Waals surface area (Å²) in [5.41, 5.74) is 6.98. The first-order valence-corrected chi connectivity index (χ1v) is 9.65. The van der Waals surface area contributed by atoms with Crippen LogP contribution in [0.25, 0.3) is 33.4 Å². The van der Waals surface area contributed by atoms with Crippen molar-refractivity contribution in [2.75, 3.05) is 7.11 Å². The number of ether oxygens (including phenoxy) is 1. The normalized spacial score (nSPS) is 10.2. The molecule has 0 fully saturated rings. The fourth-order valence-corrected chi connectivity index (χ4v) is 4.11. The number of hydrogen-bond donors (Lipinski definition) is 0. The van der Waals surface area contributed by atoms with E-state index >= 15 is 0 Å². The maximum atomic E-state index is 5.71. The van der Waals surface area contributed by atoms with Gasteiger partial charge in [0, 0.05) is 5.56 Å². The van der Waals surface area contributed by atoms with Crippen molar-refractivity contribution >= 4 is 25.8 Å².